The number of nitrogens with zero attached hydrogens (tertiary/aromatic N) is 4. The Labute approximate surface area is 234 Å². The lowest BCUT2D eigenvalue weighted by Crippen LogP contribution is -2.58. The zero-order valence-corrected chi connectivity index (χ0v) is 22.8. The van der Waals surface area contributed by atoms with Crippen LogP contribution in [0.3, 0.4) is 0 Å². The second-order valence-electron chi connectivity index (χ2n) is 11.2. The van der Waals surface area contributed by atoms with Crippen LogP contribution in [0, 0.1) is 17.6 Å². The Morgan fingerprint density at radius 2 is 1.85 bits per heavy atom. The molecule has 5 rings (SSSR count). The number of hydrogen-bond acceptors (Lipinski definition) is 8. The number of halogens is 2. The summed E-state index contributed by atoms with van der Waals surface area (Å²) in [7, 11) is 0. The summed E-state index contributed by atoms with van der Waals surface area (Å²) >= 11 is 0. The van der Waals surface area contributed by atoms with E-state index in [2.05, 4.69) is 25.8 Å². The monoisotopic (exact) mass is 568 g/mol. The molecule has 1 aliphatic heterocycles. The number of amides is 3. The van der Waals surface area contributed by atoms with E-state index < -0.39 is 46.7 Å². The van der Waals surface area contributed by atoms with Crippen LogP contribution in [0.25, 0.3) is 11.3 Å². The van der Waals surface area contributed by atoms with Crippen molar-refractivity contribution < 1.29 is 32.4 Å². The average molecular weight is 569 g/mol. The van der Waals surface area contributed by atoms with Crippen molar-refractivity contribution in [2.75, 3.05) is 13.1 Å². The topological polar surface area (TPSA) is 140 Å². The fraction of sp³-hybridized carbons (Fsp3) is 0.429. The molecule has 1 aromatic carbocycles. The van der Waals surface area contributed by atoms with Crippen LogP contribution >= 0.6 is 0 Å². The van der Waals surface area contributed by atoms with Crippen molar-refractivity contribution in [3.05, 3.63) is 65.9 Å². The van der Waals surface area contributed by atoms with Gasteiger partial charge in [-0.1, -0.05) is 5.16 Å². The number of ether oxygens (including phenoxy) is 1. The first-order valence-electron chi connectivity index (χ1n) is 13.2. The van der Waals surface area contributed by atoms with Crippen molar-refractivity contribution in [1.82, 2.24) is 30.7 Å². The molecular weight excluding hydrogens is 538 g/mol. The minimum atomic E-state index is -0.865. The summed E-state index contributed by atoms with van der Waals surface area (Å²) in [5.41, 5.74) is -1.63. The van der Waals surface area contributed by atoms with Crippen LogP contribution in [0.5, 0.6) is 0 Å². The summed E-state index contributed by atoms with van der Waals surface area (Å²) in [5.74, 6) is -3.03. The average Bonchev–Trinajstić information content (AvgIpc) is 3.53. The summed E-state index contributed by atoms with van der Waals surface area (Å²) in [6, 6.07) is 5.21. The van der Waals surface area contributed by atoms with Crippen LogP contribution in [0.15, 0.2) is 47.2 Å². The van der Waals surface area contributed by atoms with Crippen molar-refractivity contribution in [3.63, 3.8) is 0 Å². The molecule has 13 heteroatoms. The first kappa shape index (κ1) is 28.1. The molecule has 216 valence electrons. The van der Waals surface area contributed by atoms with Gasteiger partial charge in [0.25, 0.3) is 5.91 Å². The third-order valence-corrected chi connectivity index (χ3v) is 6.96. The molecule has 1 aliphatic carbocycles. The fourth-order valence-corrected chi connectivity index (χ4v) is 4.73. The minimum Gasteiger partial charge on any atom is -0.444 e. The maximum atomic E-state index is 14.2. The molecule has 1 saturated carbocycles. The molecule has 0 spiro atoms. The number of benzene rings is 1. The normalized spacial score (nSPS) is 19.8. The highest BCUT2D eigenvalue weighted by Gasteiger charge is 2.50. The number of carbonyl (C=O) groups is 3. The van der Waals surface area contributed by atoms with Crippen molar-refractivity contribution in [2.45, 2.75) is 57.2 Å². The highest BCUT2D eigenvalue weighted by molar-refractivity contribution is 5.94. The standard InChI is InChI=1S/C28H30F2N6O5/c1-27(2,3)40-26(39)36-12-7-20(18(15-36)23(37)34-28(8-9-28)25-31-10-4-11-32-25)33-24(38)21-14-22(41-35-21)17-6-5-16(29)13-19(17)30/h4-6,10-11,13-14,18,20H,7-9,12,15H2,1-3H3,(H,33,38)(H,34,37)/t18-,20-/m1/s1. The van der Waals surface area contributed by atoms with E-state index in [1.807, 2.05) is 0 Å². The highest BCUT2D eigenvalue weighted by atomic mass is 19.1. The van der Waals surface area contributed by atoms with Gasteiger partial charge in [0.15, 0.2) is 17.3 Å². The SMILES string of the molecule is CC(C)(C)OC(=O)N1CC[C@@H](NC(=O)c2cc(-c3ccc(F)cc3F)on2)[C@H](C(=O)NC2(c3ncccn3)CC2)C1. The lowest BCUT2D eigenvalue weighted by atomic mass is 9.90. The summed E-state index contributed by atoms with van der Waals surface area (Å²) < 4.78 is 38.1. The summed E-state index contributed by atoms with van der Waals surface area (Å²) in [4.78, 5) is 49.7. The largest absolute Gasteiger partial charge is 0.444 e. The Bertz CT molecular complexity index is 1450. The second kappa shape index (κ2) is 10.9. The Hall–Kier alpha value is -4.42. The number of piperidine rings is 1. The maximum absolute atomic E-state index is 14.2. The number of nitrogens with one attached hydrogen (secondary N) is 2. The summed E-state index contributed by atoms with van der Waals surface area (Å²) in [6.45, 7) is 5.50. The van der Waals surface area contributed by atoms with Crippen molar-refractivity contribution >= 4 is 17.9 Å². The lowest BCUT2D eigenvalue weighted by molar-refractivity contribution is -0.128. The van der Waals surface area contributed by atoms with E-state index in [1.54, 1.807) is 39.2 Å². The van der Waals surface area contributed by atoms with Crippen LogP contribution < -0.4 is 10.6 Å². The zero-order valence-electron chi connectivity index (χ0n) is 22.8. The Morgan fingerprint density at radius 1 is 1.12 bits per heavy atom. The first-order valence-corrected chi connectivity index (χ1v) is 13.2. The van der Waals surface area contributed by atoms with E-state index in [9.17, 15) is 23.2 Å². The molecule has 2 atom stereocenters. The molecule has 2 N–H and O–H groups in total. The first-order chi connectivity index (χ1) is 19.4. The van der Waals surface area contributed by atoms with Gasteiger partial charge in [-0.2, -0.15) is 0 Å². The predicted molar refractivity (Wildman–Crippen MR) is 140 cm³/mol. The maximum Gasteiger partial charge on any atom is 0.410 e. The van der Waals surface area contributed by atoms with E-state index in [0.717, 1.165) is 6.07 Å². The van der Waals surface area contributed by atoms with Gasteiger partial charge in [-0.15, -0.1) is 0 Å². The lowest BCUT2D eigenvalue weighted by Gasteiger charge is -2.39. The molecule has 0 radical (unpaired) electrons. The van der Waals surface area contributed by atoms with Gasteiger partial charge in [-0.3, -0.25) is 9.59 Å². The van der Waals surface area contributed by atoms with Crippen molar-refractivity contribution in [2.24, 2.45) is 5.92 Å². The van der Waals surface area contributed by atoms with E-state index in [0.29, 0.717) is 24.7 Å². The summed E-state index contributed by atoms with van der Waals surface area (Å²) in [6.07, 6.45) is 4.22. The molecule has 2 aromatic heterocycles. The molecule has 0 unspecified atom stereocenters. The van der Waals surface area contributed by atoms with E-state index in [-0.39, 0.29) is 42.4 Å². The van der Waals surface area contributed by atoms with Crippen LogP contribution in [0.4, 0.5) is 13.6 Å². The molecule has 2 fully saturated rings. The van der Waals surface area contributed by atoms with Gasteiger partial charge in [0, 0.05) is 43.7 Å². The molecule has 1 saturated heterocycles. The Balaban J connectivity index is 1.34. The van der Waals surface area contributed by atoms with Gasteiger partial charge in [0.05, 0.1) is 17.0 Å². The van der Waals surface area contributed by atoms with E-state index in [4.69, 9.17) is 9.26 Å². The molecule has 3 aromatic rings. The van der Waals surface area contributed by atoms with Gasteiger partial charge in [0.2, 0.25) is 5.91 Å². The molecule has 11 nitrogen and oxygen atoms in total. The van der Waals surface area contributed by atoms with E-state index >= 15 is 0 Å². The third kappa shape index (κ3) is 6.34. The number of likely N-dealkylation sites (tertiary alicyclic amines) is 1. The fourth-order valence-electron chi connectivity index (χ4n) is 4.73. The van der Waals surface area contributed by atoms with Gasteiger partial charge >= 0.3 is 6.09 Å². The minimum absolute atomic E-state index is 0.00226. The second-order valence-corrected chi connectivity index (χ2v) is 11.2. The van der Waals surface area contributed by atoms with Crippen LogP contribution in [0.2, 0.25) is 0 Å². The third-order valence-electron chi connectivity index (χ3n) is 6.96. The summed E-state index contributed by atoms with van der Waals surface area (Å²) in [5, 5.41) is 9.60. The van der Waals surface area contributed by atoms with Crippen molar-refractivity contribution in [3.8, 4) is 11.3 Å². The smallest absolute Gasteiger partial charge is 0.410 e. The quantitative estimate of drug-likeness (QED) is 0.460. The van der Waals surface area contributed by atoms with Gasteiger partial charge in [-0.05, 0) is 58.2 Å². The van der Waals surface area contributed by atoms with E-state index in [1.165, 1.54) is 17.0 Å². The van der Waals surface area contributed by atoms with Gasteiger partial charge in [0.1, 0.15) is 17.2 Å². The van der Waals surface area contributed by atoms with Crippen molar-refractivity contribution in [1.29, 1.82) is 0 Å². The highest BCUT2D eigenvalue weighted by Crippen LogP contribution is 2.44. The number of hydrogen-bond donors (Lipinski definition) is 2. The van der Waals surface area contributed by atoms with Gasteiger partial charge < -0.3 is 24.8 Å². The number of aromatic nitrogens is 3. The molecule has 0 bridgehead atoms. The molecule has 41 heavy (non-hydrogen) atoms. The van der Waals surface area contributed by atoms with Crippen LogP contribution in [-0.2, 0) is 15.1 Å². The Morgan fingerprint density at radius 3 is 2.51 bits per heavy atom. The van der Waals surface area contributed by atoms with Crippen LogP contribution in [0.1, 0.15) is 56.3 Å². The van der Waals surface area contributed by atoms with Crippen LogP contribution in [-0.4, -0.2) is 62.7 Å². The van der Waals surface area contributed by atoms with Gasteiger partial charge in [-0.25, -0.2) is 23.5 Å². The molecule has 2 aliphatic rings. The predicted octanol–water partition coefficient (Wildman–Crippen LogP) is 3.57. The zero-order chi connectivity index (χ0) is 29.4. The molecule has 3 amide bonds. The number of carbonyl (C=O) groups excluding carboxylic acids is 3. The molecule has 3 heterocycles. The Kier molecular flexibility index (Phi) is 7.45. The number of rotatable bonds is 6. The molecular formula is C28H30F2N6O5.